The number of anilines is 1. The van der Waals surface area contributed by atoms with Crippen molar-refractivity contribution >= 4 is 17.7 Å². The summed E-state index contributed by atoms with van der Waals surface area (Å²) in [5.74, 6) is -1.31. The monoisotopic (exact) mass is 518 g/mol. The van der Waals surface area contributed by atoms with E-state index in [1.807, 2.05) is 13.8 Å². The summed E-state index contributed by atoms with van der Waals surface area (Å²) >= 11 is 0. The summed E-state index contributed by atoms with van der Waals surface area (Å²) in [4.78, 5) is 15.7. The summed E-state index contributed by atoms with van der Waals surface area (Å²) in [6.45, 7) is 2.64. The second kappa shape index (κ2) is 10.4. The highest BCUT2D eigenvalue weighted by Gasteiger charge is 2.44. The van der Waals surface area contributed by atoms with E-state index < -0.39 is 42.4 Å². The van der Waals surface area contributed by atoms with Gasteiger partial charge in [0.05, 0.1) is 23.5 Å². The maximum Gasteiger partial charge on any atom is 0.416 e. The third-order valence-electron chi connectivity index (χ3n) is 6.38. The van der Waals surface area contributed by atoms with E-state index in [-0.39, 0.29) is 11.5 Å². The summed E-state index contributed by atoms with van der Waals surface area (Å²) in [6.07, 6.45) is -4.76. The van der Waals surface area contributed by atoms with Crippen LogP contribution in [0, 0.1) is 17.6 Å². The molecular formula is C28H24F6N2O. The molecule has 0 radical (unpaired) electrons. The minimum absolute atomic E-state index is 0.104. The van der Waals surface area contributed by atoms with E-state index in [4.69, 9.17) is 0 Å². The van der Waals surface area contributed by atoms with Crippen LogP contribution in [-0.2, 0) is 11.0 Å². The Hall–Kier alpha value is -3.59. The molecule has 194 valence electrons. The van der Waals surface area contributed by atoms with Gasteiger partial charge in [0.15, 0.2) is 0 Å². The van der Waals surface area contributed by atoms with Crippen LogP contribution in [0.4, 0.5) is 32.0 Å². The summed E-state index contributed by atoms with van der Waals surface area (Å²) in [7, 11) is 0. The molecule has 3 aromatic rings. The number of benzene rings is 3. The van der Waals surface area contributed by atoms with Gasteiger partial charge in [0.25, 0.3) is 0 Å². The van der Waals surface area contributed by atoms with Gasteiger partial charge >= 0.3 is 6.18 Å². The molecule has 0 N–H and O–H groups in total. The topological polar surface area (TPSA) is 23.6 Å². The van der Waals surface area contributed by atoms with Crippen molar-refractivity contribution in [2.24, 2.45) is 5.92 Å². The number of aldehydes is 1. The number of hydrogen-bond acceptors (Lipinski definition) is 3. The summed E-state index contributed by atoms with van der Waals surface area (Å²) in [6, 6.07) is 14.1. The average molecular weight is 519 g/mol. The molecule has 1 heterocycles. The van der Waals surface area contributed by atoms with Gasteiger partial charge in [0.1, 0.15) is 24.7 Å². The molecule has 2 atom stereocenters. The minimum atomic E-state index is -4.56. The predicted octanol–water partition coefficient (Wildman–Crippen LogP) is 7.37. The Morgan fingerprint density at radius 1 is 0.865 bits per heavy atom. The van der Waals surface area contributed by atoms with Crippen LogP contribution >= 0.6 is 0 Å². The zero-order valence-electron chi connectivity index (χ0n) is 20.0. The fourth-order valence-electron chi connectivity index (χ4n) is 4.84. The smallest absolute Gasteiger partial charge is 0.324 e. The third kappa shape index (κ3) is 5.13. The van der Waals surface area contributed by atoms with Crippen molar-refractivity contribution in [1.29, 1.82) is 0 Å². The van der Waals surface area contributed by atoms with Crippen LogP contribution < -0.4 is 4.90 Å². The van der Waals surface area contributed by atoms with Gasteiger partial charge in [0, 0.05) is 11.3 Å². The molecule has 0 aromatic heterocycles. The van der Waals surface area contributed by atoms with Crippen LogP contribution in [0.2, 0.25) is 0 Å². The lowest BCUT2D eigenvalue weighted by atomic mass is 9.87. The van der Waals surface area contributed by atoms with Gasteiger partial charge < -0.3 is 4.90 Å². The van der Waals surface area contributed by atoms with E-state index in [9.17, 15) is 31.1 Å². The number of nitrogens with zero attached hydrogens (tertiary/aromatic N) is 2. The molecule has 0 spiro atoms. The standard InChI is InChI=1S/C28H24F6N2O/c1-17(2)27-35(16-29)25(18-3-9-21(30)10-4-18)24(15-37)26(19-5-11-22(31)12-6-19)36(27)23-13-7-20(8-14-23)28(32,33)34/h3-15,17,25,27H,16H2,1-2H3. The van der Waals surface area contributed by atoms with Gasteiger partial charge in [-0.1, -0.05) is 26.0 Å². The first-order valence-corrected chi connectivity index (χ1v) is 11.6. The van der Waals surface area contributed by atoms with Crippen molar-refractivity contribution in [3.63, 3.8) is 0 Å². The fraction of sp³-hybridized carbons (Fsp3) is 0.250. The third-order valence-corrected chi connectivity index (χ3v) is 6.38. The molecule has 0 saturated heterocycles. The molecule has 2 unspecified atom stereocenters. The Labute approximate surface area is 210 Å². The quantitative estimate of drug-likeness (QED) is 0.193. The van der Waals surface area contributed by atoms with Gasteiger partial charge in [-0.15, -0.1) is 0 Å². The SMILES string of the molecule is CC(C)C1N(c2ccc(C(F)(F)F)cc2)C(c2ccc(F)cc2)=C(C=O)C(c2ccc(F)cc2)N1CF. The normalized spacial score (nSPS) is 19.0. The molecule has 0 fully saturated rings. The number of hydrogen-bond donors (Lipinski definition) is 0. The second-order valence-electron chi connectivity index (χ2n) is 9.09. The zero-order valence-corrected chi connectivity index (χ0v) is 20.0. The molecule has 0 aliphatic carbocycles. The van der Waals surface area contributed by atoms with E-state index in [0.717, 1.165) is 12.1 Å². The highest BCUT2D eigenvalue weighted by Crippen LogP contribution is 2.46. The maximum absolute atomic E-state index is 14.8. The summed E-state index contributed by atoms with van der Waals surface area (Å²) in [5, 5.41) is 0. The van der Waals surface area contributed by atoms with Gasteiger partial charge in [-0.2, -0.15) is 13.2 Å². The zero-order chi connectivity index (χ0) is 26.9. The van der Waals surface area contributed by atoms with E-state index in [1.165, 1.54) is 65.6 Å². The van der Waals surface area contributed by atoms with E-state index >= 15 is 0 Å². The van der Waals surface area contributed by atoms with E-state index in [0.29, 0.717) is 28.8 Å². The Kier molecular flexibility index (Phi) is 7.45. The molecule has 3 nitrogen and oxygen atoms in total. The summed E-state index contributed by atoms with van der Waals surface area (Å²) in [5.41, 5.74) is 0.712. The lowest BCUT2D eigenvalue weighted by Gasteiger charge is -2.51. The largest absolute Gasteiger partial charge is 0.416 e. The number of alkyl halides is 4. The van der Waals surface area contributed by atoms with Crippen LogP contribution in [0.1, 0.15) is 36.6 Å². The number of rotatable bonds is 6. The van der Waals surface area contributed by atoms with Gasteiger partial charge in [-0.05, 0) is 77.7 Å². The Bertz CT molecular complexity index is 1270. The van der Waals surface area contributed by atoms with Crippen molar-refractivity contribution in [2.75, 3.05) is 11.7 Å². The molecule has 9 heteroatoms. The molecule has 1 aliphatic rings. The van der Waals surface area contributed by atoms with Crippen molar-refractivity contribution in [1.82, 2.24) is 4.90 Å². The van der Waals surface area contributed by atoms with Crippen molar-refractivity contribution in [3.8, 4) is 0 Å². The molecular weight excluding hydrogens is 494 g/mol. The highest BCUT2D eigenvalue weighted by molar-refractivity contribution is 5.96. The molecule has 0 bridgehead atoms. The lowest BCUT2D eigenvalue weighted by molar-refractivity contribution is -0.137. The van der Waals surface area contributed by atoms with Crippen molar-refractivity contribution in [3.05, 3.63) is 107 Å². The van der Waals surface area contributed by atoms with Crippen LogP contribution in [-0.4, -0.2) is 24.2 Å². The van der Waals surface area contributed by atoms with E-state index in [2.05, 4.69) is 0 Å². The average Bonchev–Trinajstić information content (AvgIpc) is 2.87. The fourth-order valence-corrected chi connectivity index (χ4v) is 4.84. The molecule has 37 heavy (non-hydrogen) atoms. The minimum Gasteiger partial charge on any atom is -0.324 e. The molecule has 4 rings (SSSR count). The molecule has 0 saturated carbocycles. The van der Waals surface area contributed by atoms with Crippen molar-refractivity contribution < 1.29 is 31.1 Å². The first-order valence-electron chi connectivity index (χ1n) is 11.6. The van der Waals surface area contributed by atoms with Crippen LogP contribution in [0.3, 0.4) is 0 Å². The van der Waals surface area contributed by atoms with Crippen LogP contribution in [0.25, 0.3) is 5.70 Å². The second-order valence-corrected chi connectivity index (χ2v) is 9.09. The molecule has 3 aromatic carbocycles. The Morgan fingerprint density at radius 3 is 1.86 bits per heavy atom. The Balaban J connectivity index is 2.03. The molecule has 1 aliphatic heterocycles. The predicted molar refractivity (Wildman–Crippen MR) is 129 cm³/mol. The first kappa shape index (κ1) is 26.5. The van der Waals surface area contributed by atoms with Crippen molar-refractivity contribution in [2.45, 2.75) is 32.2 Å². The first-order chi connectivity index (χ1) is 17.6. The van der Waals surface area contributed by atoms with Gasteiger partial charge in [-0.25, -0.2) is 18.1 Å². The van der Waals surface area contributed by atoms with Crippen LogP contribution in [0.15, 0.2) is 78.4 Å². The number of carbonyl (C=O) groups is 1. The lowest BCUT2D eigenvalue weighted by Crippen LogP contribution is -2.56. The summed E-state index contributed by atoms with van der Waals surface area (Å²) < 4.78 is 82.1. The van der Waals surface area contributed by atoms with Gasteiger partial charge in [0.2, 0.25) is 0 Å². The van der Waals surface area contributed by atoms with Gasteiger partial charge in [-0.3, -0.25) is 4.79 Å². The highest BCUT2D eigenvalue weighted by atomic mass is 19.4. The number of halogens is 6. The van der Waals surface area contributed by atoms with E-state index in [1.54, 1.807) is 4.90 Å². The maximum atomic E-state index is 14.8. The van der Waals surface area contributed by atoms with Crippen LogP contribution in [0.5, 0.6) is 0 Å². The Morgan fingerprint density at radius 2 is 1.41 bits per heavy atom. The number of carbonyl (C=O) groups excluding carboxylic acids is 1. The molecule has 0 amide bonds.